The van der Waals surface area contributed by atoms with Crippen molar-refractivity contribution in [2.24, 2.45) is 0 Å². The molecule has 0 bridgehead atoms. The van der Waals surface area contributed by atoms with Gasteiger partial charge in [-0.1, -0.05) is 0 Å². The smallest absolute Gasteiger partial charge is 0.274 e. The molecule has 0 radical (unpaired) electrons. The Hall–Kier alpha value is -1.73. The first-order valence-electron chi connectivity index (χ1n) is 6.38. The normalized spacial score (nSPS) is 16.4. The quantitative estimate of drug-likeness (QED) is 0.747. The van der Waals surface area contributed by atoms with Crippen LogP contribution in [0.3, 0.4) is 0 Å². The lowest BCUT2D eigenvalue weighted by atomic mass is 10.2. The maximum absolute atomic E-state index is 12.2. The van der Waals surface area contributed by atoms with Crippen LogP contribution in [-0.4, -0.2) is 77.4 Å². The van der Waals surface area contributed by atoms with E-state index < -0.39 is 0 Å². The number of rotatable bonds is 4. The van der Waals surface area contributed by atoms with E-state index in [4.69, 9.17) is 5.11 Å². The van der Waals surface area contributed by atoms with E-state index in [-0.39, 0.29) is 12.5 Å². The van der Waals surface area contributed by atoms with Crippen molar-refractivity contribution in [3.63, 3.8) is 0 Å². The van der Waals surface area contributed by atoms with Gasteiger partial charge in [0.1, 0.15) is 5.82 Å². The summed E-state index contributed by atoms with van der Waals surface area (Å²) >= 11 is 0. The molecule has 2 rings (SSSR count). The molecule has 1 aliphatic rings. The number of aliphatic hydroxyl groups excluding tert-OH is 1. The molecule has 0 aromatic carbocycles. The van der Waals surface area contributed by atoms with Crippen molar-refractivity contribution < 1.29 is 9.90 Å². The molecule has 104 valence electrons. The fourth-order valence-electron chi connectivity index (χ4n) is 2.06. The number of hydrogen-bond donors (Lipinski definition) is 2. The maximum Gasteiger partial charge on any atom is 0.274 e. The zero-order valence-electron chi connectivity index (χ0n) is 11.0. The Bertz CT molecular complexity index is 415. The van der Waals surface area contributed by atoms with E-state index in [0.717, 1.165) is 13.1 Å². The third-order valence-electron chi connectivity index (χ3n) is 3.22. The highest BCUT2D eigenvalue weighted by Gasteiger charge is 2.22. The molecule has 0 unspecified atom stereocenters. The number of piperazine rings is 1. The van der Waals surface area contributed by atoms with E-state index in [1.807, 2.05) is 0 Å². The van der Waals surface area contributed by atoms with Gasteiger partial charge in [-0.3, -0.25) is 9.69 Å². The third-order valence-corrected chi connectivity index (χ3v) is 3.22. The minimum absolute atomic E-state index is 0.0844. The largest absolute Gasteiger partial charge is 0.395 e. The van der Waals surface area contributed by atoms with Crippen molar-refractivity contribution in [3.05, 3.63) is 17.8 Å². The van der Waals surface area contributed by atoms with Gasteiger partial charge in [0.05, 0.1) is 6.61 Å². The number of hydrogen-bond acceptors (Lipinski definition) is 6. The first kappa shape index (κ1) is 13.7. The second-order valence-corrected chi connectivity index (χ2v) is 4.41. The Morgan fingerprint density at radius 3 is 2.58 bits per heavy atom. The van der Waals surface area contributed by atoms with Gasteiger partial charge in [-0.05, 0) is 12.1 Å². The number of anilines is 1. The first-order valence-corrected chi connectivity index (χ1v) is 6.38. The SMILES string of the molecule is CNc1ccc(C(=O)N2CCN(CCO)CC2)nn1. The van der Waals surface area contributed by atoms with Crippen LogP contribution in [0.1, 0.15) is 10.5 Å². The molecule has 1 aliphatic heterocycles. The number of aliphatic hydroxyl groups is 1. The summed E-state index contributed by atoms with van der Waals surface area (Å²) < 4.78 is 0. The molecule has 19 heavy (non-hydrogen) atoms. The van der Waals surface area contributed by atoms with Crippen molar-refractivity contribution in [2.75, 3.05) is 51.7 Å². The number of carbonyl (C=O) groups excluding carboxylic acids is 1. The molecule has 0 spiro atoms. The molecule has 7 heteroatoms. The van der Waals surface area contributed by atoms with E-state index in [1.54, 1.807) is 24.1 Å². The average Bonchev–Trinajstić information content (AvgIpc) is 2.48. The molecular weight excluding hydrogens is 246 g/mol. The summed E-state index contributed by atoms with van der Waals surface area (Å²) in [5, 5.41) is 19.6. The van der Waals surface area contributed by atoms with Gasteiger partial charge in [-0.25, -0.2) is 0 Å². The van der Waals surface area contributed by atoms with E-state index >= 15 is 0 Å². The van der Waals surface area contributed by atoms with Crippen LogP contribution in [0.15, 0.2) is 12.1 Å². The zero-order chi connectivity index (χ0) is 13.7. The molecule has 2 heterocycles. The second-order valence-electron chi connectivity index (χ2n) is 4.41. The van der Waals surface area contributed by atoms with Crippen LogP contribution < -0.4 is 5.32 Å². The van der Waals surface area contributed by atoms with Crippen LogP contribution >= 0.6 is 0 Å². The lowest BCUT2D eigenvalue weighted by Gasteiger charge is -2.34. The molecule has 0 saturated carbocycles. The summed E-state index contributed by atoms with van der Waals surface area (Å²) in [4.78, 5) is 16.1. The van der Waals surface area contributed by atoms with E-state index in [9.17, 15) is 4.79 Å². The van der Waals surface area contributed by atoms with Crippen LogP contribution in [0.25, 0.3) is 0 Å². The summed E-state index contributed by atoms with van der Waals surface area (Å²) in [6.45, 7) is 3.72. The molecule has 1 aromatic rings. The lowest BCUT2D eigenvalue weighted by molar-refractivity contribution is 0.0608. The van der Waals surface area contributed by atoms with E-state index in [0.29, 0.717) is 31.1 Å². The maximum atomic E-state index is 12.2. The van der Waals surface area contributed by atoms with Crippen LogP contribution in [-0.2, 0) is 0 Å². The van der Waals surface area contributed by atoms with Gasteiger partial charge in [0.2, 0.25) is 0 Å². The number of β-amino-alcohol motifs (C(OH)–C–C–N with tert-alkyl or cyclic N) is 1. The summed E-state index contributed by atoms with van der Waals surface area (Å²) in [7, 11) is 1.76. The van der Waals surface area contributed by atoms with Crippen molar-refractivity contribution in [3.8, 4) is 0 Å². The predicted octanol–water partition coefficient (Wildman–Crippen LogP) is -0.732. The van der Waals surface area contributed by atoms with Gasteiger partial charge in [-0.2, -0.15) is 0 Å². The van der Waals surface area contributed by atoms with Crippen molar-refractivity contribution in [2.45, 2.75) is 0 Å². The topological polar surface area (TPSA) is 81.6 Å². The number of amides is 1. The van der Waals surface area contributed by atoms with Gasteiger partial charge in [0.25, 0.3) is 5.91 Å². The summed E-state index contributed by atoms with van der Waals surface area (Å²) in [5.41, 5.74) is 0.370. The number of nitrogens with one attached hydrogen (secondary N) is 1. The summed E-state index contributed by atoms with van der Waals surface area (Å²) in [6, 6.07) is 3.42. The Morgan fingerprint density at radius 2 is 2.05 bits per heavy atom. The third kappa shape index (κ3) is 3.39. The van der Waals surface area contributed by atoms with Crippen molar-refractivity contribution in [1.29, 1.82) is 0 Å². The summed E-state index contributed by atoms with van der Waals surface area (Å²) in [6.07, 6.45) is 0. The molecule has 1 fully saturated rings. The standard InChI is InChI=1S/C12H19N5O2/c1-13-11-3-2-10(14-15-11)12(19)17-6-4-16(5-7-17)8-9-18/h2-3,18H,4-9H2,1H3,(H,13,15). The Morgan fingerprint density at radius 1 is 1.32 bits per heavy atom. The lowest BCUT2D eigenvalue weighted by Crippen LogP contribution is -2.49. The average molecular weight is 265 g/mol. The highest BCUT2D eigenvalue weighted by molar-refractivity contribution is 5.92. The molecule has 2 N–H and O–H groups in total. The minimum atomic E-state index is -0.0844. The highest BCUT2D eigenvalue weighted by atomic mass is 16.3. The van der Waals surface area contributed by atoms with Gasteiger partial charge in [-0.15, -0.1) is 10.2 Å². The molecule has 1 amide bonds. The molecule has 7 nitrogen and oxygen atoms in total. The fraction of sp³-hybridized carbons (Fsp3) is 0.583. The van der Waals surface area contributed by atoms with Gasteiger partial charge in [0, 0.05) is 39.8 Å². The Kier molecular flexibility index (Phi) is 4.64. The second kappa shape index (κ2) is 6.44. The van der Waals surface area contributed by atoms with Crippen molar-refractivity contribution in [1.82, 2.24) is 20.0 Å². The van der Waals surface area contributed by atoms with Crippen LogP contribution in [0.4, 0.5) is 5.82 Å². The van der Waals surface area contributed by atoms with E-state index in [2.05, 4.69) is 20.4 Å². The predicted molar refractivity (Wildman–Crippen MR) is 71.0 cm³/mol. The Balaban J connectivity index is 1.93. The monoisotopic (exact) mass is 265 g/mol. The van der Waals surface area contributed by atoms with Crippen LogP contribution in [0.5, 0.6) is 0 Å². The number of aromatic nitrogens is 2. The zero-order valence-corrected chi connectivity index (χ0v) is 11.0. The summed E-state index contributed by atoms with van der Waals surface area (Å²) in [5.74, 6) is 0.558. The minimum Gasteiger partial charge on any atom is -0.395 e. The van der Waals surface area contributed by atoms with Crippen LogP contribution in [0.2, 0.25) is 0 Å². The number of carbonyl (C=O) groups is 1. The molecule has 1 saturated heterocycles. The van der Waals surface area contributed by atoms with Crippen molar-refractivity contribution >= 4 is 11.7 Å². The van der Waals surface area contributed by atoms with Gasteiger partial charge >= 0.3 is 0 Å². The Labute approximate surface area is 112 Å². The van der Waals surface area contributed by atoms with Crippen LogP contribution in [0, 0.1) is 0 Å². The highest BCUT2D eigenvalue weighted by Crippen LogP contribution is 2.08. The fourth-order valence-corrected chi connectivity index (χ4v) is 2.06. The molecule has 0 atom stereocenters. The first-order chi connectivity index (χ1) is 9.24. The number of nitrogens with zero attached hydrogens (tertiary/aromatic N) is 4. The molecule has 0 aliphatic carbocycles. The molecular formula is C12H19N5O2. The van der Waals surface area contributed by atoms with Gasteiger partial charge < -0.3 is 15.3 Å². The van der Waals surface area contributed by atoms with E-state index in [1.165, 1.54) is 0 Å². The van der Waals surface area contributed by atoms with Gasteiger partial charge in [0.15, 0.2) is 5.69 Å². The molecule has 1 aromatic heterocycles.